The van der Waals surface area contributed by atoms with Gasteiger partial charge in [0.2, 0.25) is 0 Å². The summed E-state index contributed by atoms with van der Waals surface area (Å²) in [6.45, 7) is 0. The molecular weight excluding hydrogens is 269 g/mol. The lowest BCUT2D eigenvalue weighted by atomic mass is 10.1. The summed E-state index contributed by atoms with van der Waals surface area (Å²) in [4.78, 5) is 4.56. The highest BCUT2D eigenvalue weighted by Crippen LogP contribution is 2.33. The molecule has 18 heavy (non-hydrogen) atoms. The van der Waals surface area contributed by atoms with E-state index in [0.717, 1.165) is 27.6 Å². The van der Waals surface area contributed by atoms with Gasteiger partial charge in [-0.25, -0.2) is 4.98 Å². The molecule has 1 heterocycles. The van der Waals surface area contributed by atoms with Crippen LogP contribution in [0, 0.1) is 0 Å². The Labute approximate surface area is 114 Å². The summed E-state index contributed by atoms with van der Waals surface area (Å²) >= 11 is 12.4. The first kappa shape index (κ1) is 11.6. The first-order chi connectivity index (χ1) is 8.69. The van der Waals surface area contributed by atoms with Crippen molar-refractivity contribution in [3.63, 3.8) is 0 Å². The van der Waals surface area contributed by atoms with Gasteiger partial charge < -0.3 is 4.74 Å². The van der Waals surface area contributed by atoms with Gasteiger partial charge in [0.05, 0.1) is 23.2 Å². The number of halogens is 2. The minimum Gasteiger partial charge on any atom is -0.497 e. The lowest BCUT2D eigenvalue weighted by Crippen LogP contribution is -1.87. The lowest BCUT2D eigenvalue weighted by Gasteiger charge is -2.07. The third kappa shape index (κ3) is 1.78. The van der Waals surface area contributed by atoms with Crippen molar-refractivity contribution in [2.75, 3.05) is 7.11 Å². The van der Waals surface area contributed by atoms with E-state index in [1.807, 2.05) is 36.4 Å². The minimum atomic E-state index is 0.647. The Balaban J connectivity index is 2.45. The number of nitrogens with zero attached hydrogens (tertiary/aromatic N) is 1. The van der Waals surface area contributed by atoms with E-state index in [-0.39, 0.29) is 0 Å². The maximum absolute atomic E-state index is 6.42. The molecule has 0 aliphatic rings. The summed E-state index contributed by atoms with van der Waals surface area (Å²) in [6.07, 6.45) is 0. The number of aromatic nitrogens is 1. The van der Waals surface area contributed by atoms with Crippen LogP contribution in [0.3, 0.4) is 0 Å². The number of fused-ring (bicyclic) bond motifs is 2. The van der Waals surface area contributed by atoms with Crippen molar-refractivity contribution in [2.24, 2.45) is 0 Å². The second-order valence-corrected chi connectivity index (χ2v) is 4.78. The van der Waals surface area contributed by atoms with Gasteiger partial charge in [0, 0.05) is 15.8 Å². The van der Waals surface area contributed by atoms with Crippen LogP contribution in [0.4, 0.5) is 0 Å². The molecular formula is C14H9Cl2NO. The number of rotatable bonds is 1. The van der Waals surface area contributed by atoms with E-state index in [4.69, 9.17) is 27.9 Å². The average Bonchev–Trinajstić information content (AvgIpc) is 2.40. The van der Waals surface area contributed by atoms with Crippen LogP contribution in [0.25, 0.3) is 21.8 Å². The van der Waals surface area contributed by atoms with E-state index in [2.05, 4.69) is 4.98 Å². The molecule has 3 aromatic rings. The van der Waals surface area contributed by atoms with E-state index in [1.54, 1.807) is 7.11 Å². The summed E-state index contributed by atoms with van der Waals surface area (Å²) in [6, 6.07) is 11.1. The third-order valence-corrected chi connectivity index (χ3v) is 3.52. The zero-order chi connectivity index (χ0) is 12.7. The summed E-state index contributed by atoms with van der Waals surface area (Å²) in [5.74, 6) is 0.757. The molecule has 1 aromatic heterocycles. The molecule has 0 saturated heterocycles. The highest BCUT2D eigenvalue weighted by molar-refractivity contribution is 6.41. The van der Waals surface area contributed by atoms with Crippen molar-refractivity contribution >= 4 is 45.0 Å². The molecule has 3 rings (SSSR count). The van der Waals surface area contributed by atoms with Crippen LogP contribution in [0.15, 0.2) is 36.4 Å². The van der Waals surface area contributed by atoms with Crippen molar-refractivity contribution in [2.45, 2.75) is 0 Å². The topological polar surface area (TPSA) is 22.1 Å². The predicted octanol–water partition coefficient (Wildman–Crippen LogP) is 4.70. The summed E-state index contributed by atoms with van der Waals surface area (Å²) in [5, 5.41) is 3.01. The molecule has 0 aliphatic heterocycles. The van der Waals surface area contributed by atoms with Gasteiger partial charge in [-0.05, 0) is 36.4 Å². The first-order valence-corrected chi connectivity index (χ1v) is 6.17. The Bertz CT molecular complexity index is 755. The van der Waals surface area contributed by atoms with Crippen LogP contribution in [0.5, 0.6) is 5.75 Å². The van der Waals surface area contributed by atoms with E-state index in [0.29, 0.717) is 10.0 Å². The Morgan fingerprint density at radius 3 is 2.33 bits per heavy atom. The molecule has 4 heteroatoms. The highest BCUT2D eigenvalue weighted by atomic mass is 35.5. The second-order valence-electron chi connectivity index (χ2n) is 3.97. The first-order valence-electron chi connectivity index (χ1n) is 5.41. The summed E-state index contributed by atoms with van der Waals surface area (Å²) in [5.41, 5.74) is 1.68. The Morgan fingerprint density at radius 1 is 0.944 bits per heavy atom. The maximum atomic E-state index is 6.42. The highest BCUT2D eigenvalue weighted by Gasteiger charge is 2.08. The summed E-state index contributed by atoms with van der Waals surface area (Å²) in [7, 11) is 1.63. The number of benzene rings is 2. The van der Waals surface area contributed by atoms with Gasteiger partial charge in [-0.1, -0.05) is 23.2 Å². The molecule has 0 radical (unpaired) electrons. The van der Waals surface area contributed by atoms with Crippen molar-refractivity contribution in [3.8, 4) is 5.75 Å². The van der Waals surface area contributed by atoms with Gasteiger partial charge >= 0.3 is 0 Å². The zero-order valence-corrected chi connectivity index (χ0v) is 11.1. The Kier molecular flexibility index (Phi) is 2.77. The molecule has 0 amide bonds. The molecule has 0 aliphatic carbocycles. The van der Waals surface area contributed by atoms with Gasteiger partial charge in [0.15, 0.2) is 0 Å². The molecule has 0 N–H and O–H groups in total. The molecule has 2 nitrogen and oxygen atoms in total. The molecule has 90 valence electrons. The predicted molar refractivity (Wildman–Crippen MR) is 75.8 cm³/mol. The van der Waals surface area contributed by atoms with Crippen LogP contribution in [-0.4, -0.2) is 12.1 Å². The van der Waals surface area contributed by atoms with Crippen LogP contribution >= 0.6 is 23.2 Å². The Morgan fingerprint density at radius 2 is 1.61 bits per heavy atom. The van der Waals surface area contributed by atoms with Crippen LogP contribution in [-0.2, 0) is 0 Å². The van der Waals surface area contributed by atoms with Gasteiger partial charge in [-0.3, -0.25) is 0 Å². The number of pyridine rings is 1. The minimum absolute atomic E-state index is 0.647. The molecule has 0 fully saturated rings. The van der Waals surface area contributed by atoms with Crippen LogP contribution in [0.2, 0.25) is 10.0 Å². The SMILES string of the molecule is COc1ccc2nc3ccc(Cl)cc3c(Cl)c2c1. The van der Waals surface area contributed by atoms with E-state index < -0.39 is 0 Å². The van der Waals surface area contributed by atoms with Gasteiger partial charge in [-0.2, -0.15) is 0 Å². The van der Waals surface area contributed by atoms with Crippen molar-refractivity contribution in [1.82, 2.24) is 4.98 Å². The molecule has 2 aromatic carbocycles. The molecule has 0 unspecified atom stereocenters. The number of hydrogen-bond donors (Lipinski definition) is 0. The average molecular weight is 278 g/mol. The molecule has 0 saturated carbocycles. The second kappa shape index (κ2) is 4.30. The van der Waals surface area contributed by atoms with Crippen LogP contribution in [0.1, 0.15) is 0 Å². The summed E-state index contributed by atoms with van der Waals surface area (Å²) < 4.78 is 5.20. The van der Waals surface area contributed by atoms with Crippen molar-refractivity contribution in [3.05, 3.63) is 46.4 Å². The Hall–Kier alpha value is -1.51. The van der Waals surface area contributed by atoms with Gasteiger partial charge in [0.25, 0.3) is 0 Å². The van der Waals surface area contributed by atoms with Gasteiger partial charge in [-0.15, -0.1) is 0 Å². The number of methoxy groups -OCH3 is 1. The lowest BCUT2D eigenvalue weighted by molar-refractivity contribution is 0.415. The van der Waals surface area contributed by atoms with Crippen molar-refractivity contribution in [1.29, 1.82) is 0 Å². The molecule has 0 spiro atoms. The quantitative estimate of drug-likeness (QED) is 0.602. The fourth-order valence-electron chi connectivity index (χ4n) is 1.97. The largest absolute Gasteiger partial charge is 0.497 e. The smallest absolute Gasteiger partial charge is 0.119 e. The van der Waals surface area contributed by atoms with Gasteiger partial charge in [0.1, 0.15) is 5.75 Å². The standard InChI is InChI=1S/C14H9Cl2NO/c1-18-9-3-5-13-11(7-9)14(16)10-6-8(15)2-4-12(10)17-13/h2-7H,1H3. The third-order valence-electron chi connectivity index (χ3n) is 2.88. The van der Waals surface area contributed by atoms with E-state index in [9.17, 15) is 0 Å². The van der Waals surface area contributed by atoms with E-state index >= 15 is 0 Å². The normalized spacial score (nSPS) is 11.1. The fourth-order valence-corrected chi connectivity index (χ4v) is 2.45. The molecule has 0 bridgehead atoms. The van der Waals surface area contributed by atoms with Crippen molar-refractivity contribution < 1.29 is 4.74 Å². The number of hydrogen-bond acceptors (Lipinski definition) is 2. The maximum Gasteiger partial charge on any atom is 0.119 e. The van der Waals surface area contributed by atoms with Crippen LogP contribution < -0.4 is 4.74 Å². The fraction of sp³-hybridized carbons (Fsp3) is 0.0714. The molecule has 0 atom stereocenters. The monoisotopic (exact) mass is 277 g/mol. The zero-order valence-electron chi connectivity index (χ0n) is 9.58. The van der Waals surface area contributed by atoms with E-state index in [1.165, 1.54) is 0 Å². The number of ether oxygens (including phenoxy) is 1.